The van der Waals surface area contributed by atoms with Gasteiger partial charge < -0.3 is 10.1 Å². The van der Waals surface area contributed by atoms with Crippen molar-refractivity contribution in [2.24, 2.45) is 0 Å². The molecule has 3 rings (SSSR count). The number of rotatable bonds is 8. The zero-order valence-corrected chi connectivity index (χ0v) is 14.1. The number of hydrogen-bond donors (Lipinski definition) is 1. The number of halogens is 1. The maximum Gasteiger partial charge on any atom is 0.124 e. The molecule has 0 amide bonds. The van der Waals surface area contributed by atoms with E-state index >= 15 is 0 Å². The summed E-state index contributed by atoms with van der Waals surface area (Å²) in [4.78, 5) is 0. The van der Waals surface area contributed by atoms with Crippen LogP contribution in [0.5, 0.6) is 5.75 Å². The molecule has 1 N–H and O–H groups in total. The molecule has 0 aliphatic heterocycles. The van der Waals surface area contributed by atoms with E-state index in [1.54, 1.807) is 12.1 Å². The second-order valence-electron chi connectivity index (χ2n) is 5.94. The van der Waals surface area contributed by atoms with Gasteiger partial charge in [-0.2, -0.15) is 0 Å². The second-order valence-corrected chi connectivity index (χ2v) is 5.94. The van der Waals surface area contributed by atoms with Gasteiger partial charge >= 0.3 is 0 Å². The lowest BCUT2D eigenvalue weighted by atomic mass is 10.1. The summed E-state index contributed by atoms with van der Waals surface area (Å²) in [5.74, 6) is 0.630. The predicted octanol–water partition coefficient (Wildman–Crippen LogP) is 4.74. The van der Waals surface area contributed by atoms with Gasteiger partial charge in [-0.3, -0.25) is 0 Å². The normalized spacial score (nSPS) is 10.6. The number of para-hydroxylation sites is 1. The molecule has 0 atom stereocenters. The molecule has 0 aromatic heterocycles. The molecule has 0 heterocycles. The Labute approximate surface area is 148 Å². The van der Waals surface area contributed by atoms with Crippen LogP contribution in [0.4, 0.5) is 4.39 Å². The zero-order chi connectivity index (χ0) is 17.3. The van der Waals surface area contributed by atoms with Gasteiger partial charge in [0.1, 0.15) is 18.2 Å². The molecular formula is C22H22FNO. The van der Waals surface area contributed by atoms with Crippen molar-refractivity contribution >= 4 is 0 Å². The quantitative estimate of drug-likeness (QED) is 0.601. The van der Waals surface area contributed by atoms with Gasteiger partial charge in [-0.25, -0.2) is 4.39 Å². The molecule has 25 heavy (non-hydrogen) atoms. The molecule has 3 aromatic carbocycles. The smallest absolute Gasteiger partial charge is 0.124 e. The summed E-state index contributed by atoms with van der Waals surface area (Å²) in [5.41, 5.74) is 3.40. The first kappa shape index (κ1) is 17.2. The van der Waals surface area contributed by atoms with Crippen LogP contribution in [0.25, 0.3) is 0 Å². The van der Waals surface area contributed by atoms with E-state index in [0.717, 1.165) is 36.4 Å². The summed E-state index contributed by atoms with van der Waals surface area (Å²) >= 11 is 0. The fraction of sp³-hybridized carbons (Fsp3) is 0.182. The monoisotopic (exact) mass is 335 g/mol. The molecule has 3 heteroatoms. The molecule has 0 aliphatic rings. The SMILES string of the molecule is Fc1ccc(COc2ccccc2CNCCc2ccccc2)cc1. The van der Waals surface area contributed by atoms with Gasteiger partial charge in [-0.1, -0.05) is 60.7 Å². The van der Waals surface area contributed by atoms with Gasteiger partial charge in [-0.05, 0) is 42.3 Å². The Morgan fingerprint density at radius 3 is 2.28 bits per heavy atom. The predicted molar refractivity (Wildman–Crippen MR) is 99.0 cm³/mol. The van der Waals surface area contributed by atoms with Crippen molar-refractivity contribution in [1.29, 1.82) is 0 Å². The third-order valence-electron chi connectivity index (χ3n) is 4.03. The number of hydrogen-bond acceptors (Lipinski definition) is 2. The minimum absolute atomic E-state index is 0.230. The van der Waals surface area contributed by atoms with Crippen LogP contribution in [-0.2, 0) is 19.6 Å². The van der Waals surface area contributed by atoms with E-state index in [-0.39, 0.29) is 5.82 Å². The van der Waals surface area contributed by atoms with E-state index < -0.39 is 0 Å². The summed E-state index contributed by atoms with van der Waals surface area (Å²) < 4.78 is 18.9. The van der Waals surface area contributed by atoms with Crippen LogP contribution < -0.4 is 10.1 Å². The van der Waals surface area contributed by atoms with Crippen molar-refractivity contribution in [3.05, 3.63) is 101 Å². The molecule has 0 bridgehead atoms. The summed E-state index contributed by atoms with van der Waals surface area (Å²) in [6, 6.07) is 24.9. The standard InChI is InChI=1S/C22H22FNO/c23-21-12-10-19(11-13-21)17-25-22-9-5-4-8-20(22)16-24-15-14-18-6-2-1-3-7-18/h1-13,24H,14-17H2. The first-order valence-electron chi connectivity index (χ1n) is 8.51. The van der Waals surface area contributed by atoms with Crippen LogP contribution >= 0.6 is 0 Å². The highest BCUT2D eigenvalue weighted by molar-refractivity contribution is 5.33. The van der Waals surface area contributed by atoms with Crippen LogP contribution in [0.1, 0.15) is 16.7 Å². The van der Waals surface area contributed by atoms with Crippen molar-refractivity contribution in [2.75, 3.05) is 6.54 Å². The van der Waals surface area contributed by atoms with Crippen molar-refractivity contribution in [2.45, 2.75) is 19.6 Å². The summed E-state index contributed by atoms with van der Waals surface area (Å²) in [5, 5.41) is 3.47. The van der Waals surface area contributed by atoms with Crippen molar-refractivity contribution < 1.29 is 9.13 Å². The van der Waals surface area contributed by atoms with Crippen LogP contribution in [0, 0.1) is 5.82 Å². The molecule has 0 unspecified atom stereocenters. The lowest BCUT2D eigenvalue weighted by molar-refractivity contribution is 0.302. The largest absolute Gasteiger partial charge is 0.489 e. The molecule has 0 aliphatic carbocycles. The van der Waals surface area contributed by atoms with Crippen LogP contribution in [0.2, 0.25) is 0 Å². The van der Waals surface area contributed by atoms with Crippen LogP contribution in [0.15, 0.2) is 78.9 Å². The van der Waals surface area contributed by atoms with E-state index in [0.29, 0.717) is 6.61 Å². The fourth-order valence-corrected chi connectivity index (χ4v) is 2.63. The van der Waals surface area contributed by atoms with Gasteiger partial charge in [0.15, 0.2) is 0 Å². The maximum absolute atomic E-state index is 13.0. The highest BCUT2D eigenvalue weighted by Crippen LogP contribution is 2.19. The molecule has 0 radical (unpaired) electrons. The average molecular weight is 335 g/mol. The number of ether oxygens (including phenoxy) is 1. The summed E-state index contributed by atoms with van der Waals surface area (Å²) in [6.45, 7) is 2.10. The second kappa shape index (κ2) is 9.00. The number of nitrogens with one attached hydrogen (secondary N) is 1. The third-order valence-corrected chi connectivity index (χ3v) is 4.03. The molecular weight excluding hydrogens is 313 g/mol. The topological polar surface area (TPSA) is 21.3 Å². The van der Waals surface area contributed by atoms with Crippen molar-refractivity contribution in [3.63, 3.8) is 0 Å². The summed E-state index contributed by atoms with van der Waals surface area (Å²) in [7, 11) is 0. The van der Waals surface area contributed by atoms with Crippen LogP contribution in [0.3, 0.4) is 0 Å². The van der Waals surface area contributed by atoms with E-state index in [9.17, 15) is 4.39 Å². The van der Waals surface area contributed by atoms with Gasteiger partial charge in [0.2, 0.25) is 0 Å². The van der Waals surface area contributed by atoms with Gasteiger partial charge in [0, 0.05) is 12.1 Å². The molecule has 128 valence electrons. The maximum atomic E-state index is 13.0. The Bertz CT molecular complexity index is 772. The fourth-order valence-electron chi connectivity index (χ4n) is 2.63. The molecule has 0 spiro atoms. The molecule has 3 aromatic rings. The molecule has 0 saturated heterocycles. The van der Waals surface area contributed by atoms with E-state index in [1.807, 2.05) is 24.3 Å². The molecule has 0 saturated carbocycles. The first-order valence-corrected chi connectivity index (χ1v) is 8.51. The van der Waals surface area contributed by atoms with E-state index in [2.05, 4.69) is 35.6 Å². The molecule has 0 fully saturated rings. The third kappa shape index (κ3) is 5.44. The minimum atomic E-state index is -0.230. The van der Waals surface area contributed by atoms with E-state index in [4.69, 9.17) is 4.74 Å². The Kier molecular flexibility index (Phi) is 6.18. The van der Waals surface area contributed by atoms with E-state index in [1.165, 1.54) is 17.7 Å². The Hall–Kier alpha value is -2.65. The molecule has 2 nitrogen and oxygen atoms in total. The zero-order valence-electron chi connectivity index (χ0n) is 14.1. The van der Waals surface area contributed by atoms with Gasteiger partial charge in [0.25, 0.3) is 0 Å². The Balaban J connectivity index is 1.51. The van der Waals surface area contributed by atoms with Crippen molar-refractivity contribution in [1.82, 2.24) is 5.32 Å². The van der Waals surface area contributed by atoms with Gasteiger partial charge in [0.05, 0.1) is 0 Å². The van der Waals surface area contributed by atoms with Crippen LogP contribution in [-0.4, -0.2) is 6.54 Å². The Morgan fingerprint density at radius 2 is 1.48 bits per heavy atom. The minimum Gasteiger partial charge on any atom is -0.489 e. The van der Waals surface area contributed by atoms with Crippen molar-refractivity contribution in [3.8, 4) is 5.75 Å². The Morgan fingerprint density at radius 1 is 0.760 bits per heavy atom. The first-order chi connectivity index (χ1) is 12.3. The van der Waals surface area contributed by atoms with Gasteiger partial charge in [-0.15, -0.1) is 0 Å². The lowest BCUT2D eigenvalue weighted by Gasteiger charge is -2.12. The summed E-state index contributed by atoms with van der Waals surface area (Å²) in [6.07, 6.45) is 0.999. The highest BCUT2D eigenvalue weighted by Gasteiger charge is 2.03. The lowest BCUT2D eigenvalue weighted by Crippen LogP contribution is -2.17. The average Bonchev–Trinajstić information content (AvgIpc) is 2.66. The number of benzene rings is 3. The highest BCUT2D eigenvalue weighted by atomic mass is 19.1.